The maximum Gasteiger partial charge on any atom is 0.145 e. The van der Waals surface area contributed by atoms with Gasteiger partial charge in [-0.2, -0.15) is 5.10 Å². The SMILES string of the molecule is Cc1sc(-c2ccn(C)n2)nc1Cl. The predicted molar refractivity (Wildman–Crippen MR) is 54.1 cm³/mol. The Hall–Kier alpha value is -0.870. The molecular formula is C8H8ClN3S. The summed E-state index contributed by atoms with van der Waals surface area (Å²) >= 11 is 7.41. The van der Waals surface area contributed by atoms with E-state index in [1.165, 1.54) is 0 Å². The lowest BCUT2D eigenvalue weighted by atomic mass is 10.5. The summed E-state index contributed by atoms with van der Waals surface area (Å²) in [6.07, 6.45) is 1.89. The molecule has 2 aromatic rings. The van der Waals surface area contributed by atoms with Crippen molar-refractivity contribution in [2.75, 3.05) is 0 Å². The second-order valence-electron chi connectivity index (χ2n) is 2.74. The van der Waals surface area contributed by atoms with Gasteiger partial charge < -0.3 is 0 Å². The van der Waals surface area contributed by atoms with Crippen LogP contribution in [0.2, 0.25) is 5.15 Å². The highest BCUT2D eigenvalue weighted by molar-refractivity contribution is 7.15. The van der Waals surface area contributed by atoms with Crippen LogP contribution >= 0.6 is 22.9 Å². The van der Waals surface area contributed by atoms with Crippen LogP contribution in [0.15, 0.2) is 12.3 Å². The molecule has 0 aliphatic rings. The van der Waals surface area contributed by atoms with Crippen LogP contribution in [0.3, 0.4) is 0 Å². The molecule has 0 aliphatic carbocycles. The number of nitrogens with zero attached hydrogens (tertiary/aromatic N) is 3. The van der Waals surface area contributed by atoms with Crippen LogP contribution in [0.5, 0.6) is 0 Å². The van der Waals surface area contributed by atoms with Crippen LogP contribution in [0.25, 0.3) is 10.7 Å². The Bertz CT molecular complexity index is 413. The predicted octanol–water partition coefficient (Wildman–Crippen LogP) is 2.51. The van der Waals surface area contributed by atoms with Gasteiger partial charge in [-0.05, 0) is 13.0 Å². The number of aromatic nitrogens is 3. The molecular weight excluding hydrogens is 206 g/mol. The van der Waals surface area contributed by atoms with Gasteiger partial charge in [-0.15, -0.1) is 11.3 Å². The molecule has 0 atom stereocenters. The van der Waals surface area contributed by atoms with Crippen LogP contribution in [0, 0.1) is 6.92 Å². The third-order valence-corrected chi connectivity index (χ3v) is 3.15. The summed E-state index contributed by atoms with van der Waals surface area (Å²) in [5, 5.41) is 5.69. The lowest BCUT2D eigenvalue weighted by Gasteiger charge is -1.86. The van der Waals surface area contributed by atoms with Crippen molar-refractivity contribution in [2.45, 2.75) is 6.92 Å². The number of hydrogen-bond acceptors (Lipinski definition) is 3. The van der Waals surface area contributed by atoms with Gasteiger partial charge in [0.05, 0.1) is 0 Å². The second-order valence-corrected chi connectivity index (χ2v) is 4.30. The Morgan fingerprint density at radius 2 is 2.31 bits per heavy atom. The van der Waals surface area contributed by atoms with Crippen molar-refractivity contribution in [1.82, 2.24) is 14.8 Å². The van der Waals surface area contributed by atoms with Gasteiger partial charge in [-0.1, -0.05) is 11.6 Å². The van der Waals surface area contributed by atoms with Gasteiger partial charge in [0.15, 0.2) is 0 Å². The average molecular weight is 214 g/mol. The molecule has 2 rings (SSSR count). The number of thiazole rings is 1. The van der Waals surface area contributed by atoms with Gasteiger partial charge in [-0.25, -0.2) is 4.98 Å². The van der Waals surface area contributed by atoms with E-state index in [-0.39, 0.29) is 0 Å². The van der Waals surface area contributed by atoms with E-state index in [1.807, 2.05) is 26.2 Å². The van der Waals surface area contributed by atoms with Gasteiger partial charge in [0, 0.05) is 18.1 Å². The summed E-state index contributed by atoms with van der Waals surface area (Å²) < 4.78 is 1.75. The fourth-order valence-corrected chi connectivity index (χ4v) is 2.04. The largest absolute Gasteiger partial charge is 0.275 e. The first-order valence-corrected chi connectivity index (χ1v) is 4.99. The van der Waals surface area contributed by atoms with Gasteiger partial charge in [0.1, 0.15) is 15.9 Å². The van der Waals surface area contributed by atoms with Crippen molar-refractivity contribution in [2.24, 2.45) is 7.05 Å². The van der Waals surface area contributed by atoms with Crippen molar-refractivity contribution in [3.05, 3.63) is 22.3 Å². The van der Waals surface area contributed by atoms with E-state index in [2.05, 4.69) is 10.1 Å². The zero-order valence-corrected chi connectivity index (χ0v) is 8.85. The molecule has 0 saturated carbocycles. The van der Waals surface area contributed by atoms with Gasteiger partial charge in [0.2, 0.25) is 0 Å². The number of halogens is 1. The topological polar surface area (TPSA) is 30.7 Å². The summed E-state index contributed by atoms with van der Waals surface area (Å²) in [5.74, 6) is 0. The first-order chi connectivity index (χ1) is 6.16. The van der Waals surface area contributed by atoms with Crippen LogP contribution in [-0.4, -0.2) is 14.8 Å². The molecule has 0 bridgehead atoms. The number of rotatable bonds is 1. The Labute approximate surface area is 85.0 Å². The van der Waals surface area contributed by atoms with Gasteiger partial charge in [-0.3, -0.25) is 4.68 Å². The molecule has 0 radical (unpaired) electrons. The zero-order valence-electron chi connectivity index (χ0n) is 7.28. The molecule has 3 nitrogen and oxygen atoms in total. The summed E-state index contributed by atoms with van der Waals surface area (Å²) in [6, 6.07) is 1.93. The molecule has 2 heterocycles. The monoisotopic (exact) mass is 213 g/mol. The highest BCUT2D eigenvalue weighted by Gasteiger charge is 2.09. The van der Waals surface area contributed by atoms with Gasteiger partial charge >= 0.3 is 0 Å². The van der Waals surface area contributed by atoms with E-state index in [0.717, 1.165) is 15.6 Å². The molecule has 13 heavy (non-hydrogen) atoms. The first-order valence-electron chi connectivity index (χ1n) is 3.80. The molecule has 0 fully saturated rings. The van der Waals surface area contributed by atoms with Crippen LogP contribution in [-0.2, 0) is 7.05 Å². The minimum Gasteiger partial charge on any atom is -0.275 e. The minimum atomic E-state index is 0.575. The molecule has 68 valence electrons. The van der Waals surface area contributed by atoms with Gasteiger partial charge in [0.25, 0.3) is 0 Å². The van der Waals surface area contributed by atoms with E-state index in [1.54, 1.807) is 16.0 Å². The smallest absolute Gasteiger partial charge is 0.145 e. The minimum absolute atomic E-state index is 0.575. The quantitative estimate of drug-likeness (QED) is 0.729. The maximum absolute atomic E-state index is 5.85. The number of aryl methyl sites for hydroxylation is 2. The third kappa shape index (κ3) is 1.59. The van der Waals surface area contributed by atoms with Crippen LogP contribution in [0.1, 0.15) is 4.88 Å². The standard InChI is InChI=1S/C8H8ClN3S/c1-5-7(9)10-8(13-5)6-3-4-12(2)11-6/h3-4H,1-2H3. The molecule has 0 N–H and O–H groups in total. The van der Waals surface area contributed by atoms with Crippen LogP contribution in [0.4, 0.5) is 0 Å². The Morgan fingerprint density at radius 1 is 1.54 bits per heavy atom. The lowest BCUT2D eigenvalue weighted by molar-refractivity contribution is 0.770. The Kier molecular flexibility index (Phi) is 2.09. The highest BCUT2D eigenvalue weighted by Crippen LogP contribution is 2.28. The van der Waals surface area contributed by atoms with E-state index >= 15 is 0 Å². The summed E-state index contributed by atoms with van der Waals surface area (Å²) in [4.78, 5) is 5.23. The highest BCUT2D eigenvalue weighted by atomic mass is 35.5. The van der Waals surface area contributed by atoms with Crippen molar-refractivity contribution >= 4 is 22.9 Å². The second kappa shape index (κ2) is 3.12. The molecule has 0 amide bonds. The normalized spacial score (nSPS) is 10.7. The van der Waals surface area contributed by atoms with E-state index in [9.17, 15) is 0 Å². The summed E-state index contributed by atoms with van der Waals surface area (Å²) in [6.45, 7) is 1.95. The fraction of sp³-hybridized carbons (Fsp3) is 0.250. The molecule has 5 heteroatoms. The molecule has 0 aromatic carbocycles. The molecule has 0 unspecified atom stereocenters. The van der Waals surface area contributed by atoms with Crippen molar-refractivity contribution in [1.29, 1.82) is 0 Å². The zero-order chi connectivity index (χ0) is 9.42. The first kappa shape index (κ1) is 8.72. The summed E-state index contributed by atoms with van der Waals surface area (Å²) in [5.41, 5.74) is 0.877. The maximum atomic E-state index is 5.85. The molecule has 2 aromatic heterocycles. The van der Waals surface area contributed by atoms with Crippen molar-refractivity contribution in [3.8, 4) is 10.7 Å². The van der Waals surface area contributed by atoms with Crippen LogP contribution < -0.4 is 0 Å². The number of hydrogen-bond donors (Lipinski definition) is 0. The lowest BCUT2D eigenvalue weighted by Crippen LogP contribution is -1.87. The van der Waals surface area contributed by atoms with Crippen molar-refractivity contribution in [3.63, 3.8) is 0 Å². The summed E-state index contributed by atoms with van der Waals surface area (Å²) in [7, 11) is 1.88. The fourth-order valence-electron chi connectivity index (χ4n) is 1.02. The third-order valence-electron chi connectivity index (χ3n) is 1.67. The Balaban J connectivity index is 2.46. The van der Waals surface area contributed by atoms with E-state index in [0.29, 0.717) is 5.15 Å². The van der Waals surface area contributed by atoms with E-state index in [4.69, 9.17) is 11.6 Å². The average Bonchev–Trinajstić information content (AvgIpc) is 2.61. The van der Waals surface area contributed by atoms with E-state index < -0.39 is 0 Å². The molecule has 0 saturated heterocycles. The molecule has 0 spiro atoms. The molecule has 0 aliphatic heterocycles. The van der Waals surface area contributed by atoms with Crippen molar-refractivity contribution < 1.29 is 0 Å². The Morgan fingerprint density at radius 3 is 2.77 bits per heavy atom.